The number of benzene rings is 1. The monoisotopic (exact) mass is 233 g/mol. The molecule has 0 aromatic heterocycles. The SMILES string of the molecule is CC1=CC(c2cccc(Cl)c2)C=C(C)N1C. The van der Waals surface area contributed by atoms with Crippen LogP contribution in [-0.2, 0) is 0 Å². The van der Waals surface area contributed by atoms with Gasteiger partial charge < -0.3 is 4.90 Å². The zero-order chi connectivity index (χ0) is 11.7. The number of hydrogen-bond acceptors (Lipinski definition) is 1. The maximum absolute atomic E-state index is 6.01. The van der Waals surface area contributed by atoms with Crippen molar-refractivity contribution in [2.24, 2.45) is 0 Å². The van der Waals surface area contributed by atoms with Crippen molar-refractivity contribution in [1.29, 1.82) is 0 Å². The minimum absolute atomic E-state index is 0.342. The average Bonchev–Trinajstić information content (AvgIpc) is 2.25. The summed E-state index contributed by atoms with van der Waals surface area (Å²) in [7, 11) is 2.09. The quantitative estimate of drug-likeness (QED) is 0.704. The lowest BCUT2D eigenvalue weighted by Crippen LogP contribution is -2.18. The molecule has 2 rings (SSSR count). The van der Waals surface area contributed by atoms with Gasteiger partial charge in [0.1, 0.15) is 0 Å². The predicted molar refractivity (Wildman–Crippen MR) is 69.5 cm³/mol. The van der Waals surface area contributed by atoms with Gasteiger partial charge in [0.15, 0.2) is 0 Å². The second kappa shape index (κ2) is 4.34. The van der Waals surface area contributed by atoms with Gasteiger partial charge in [-0.05, 0) is 31.5 Å². The van der Waals surface area contributed by atoms with Crippen LogP contribution in [0.15, 0.2) is 47.8 Å². The minimum atomic E-state index is 0.342. The molecule has 0 fully saturated rings. The summed E-state index contributed by atoms with van der Waals surface area (Å²) in [5.41, 5.74) is 3.81. The minimum Gasteiger partial charge on any atom is -0.353 e. The van der Waals surface area contributed by atoms with Gasteiger partial charge in [-0.25, -0.2) is 0 Å². The normalized spacial score (nSPS) is 17.1. The van der Waals surface area contributed by atoms with Crippen molar-refractivity contribution in [3.05, 3.63) is 58.4 Å². The summed E-state index contributed by atoms with van der Waals surface area (Å²) < 4.78 is 0. The Bertz CT molecular complexity index is 440. The van der Waals surface area contributed by atoms with Crippen LogP contribution >= 0.6 is 11.6 Å². The summed E-state index contributed by atoms with van der Waals surface area (Å²) in [6.45, 7) is 4.27. The van der Waals surface area contributed by atoms with Gasteiger partial charge in [0.2, 0.25) is 0 Å². The Labute approximate surface area is 102 Å². The van der Waals surface area contributed by atoms with E-state index in [1.807, 2.05) is 18.2 Å². The third-order valence-electron chi connectivity index (χ3n) is 3.13. The highest BCUT2D eigenvalue weighted by molar-refractivity contribution is 6.30. The summed E-state index contributed by atoms with van der Waals surface area (Å²) in [4.78, 5) is 2.20. The van der Waals surface area contributed by atoms with Crippen LogP contribution in [0.3, 0.4) is 0 Å². The number of allylic oxidation sites excluding steroid dienone is 4. The van der Waals surface area contributed by atoms with Crippen LogP contribution in [0.1, 0.15) is 25.3 Å². The Kier molecular flexibility index (Phi) is 3.06. The van der Waals surface area contributed by atoms with E-state index in [9.17, 15) is 0 Å². The van der Waals surface area contributed by atoms with Crippen molar-refractivity contribution >= 4 is 11.6 Å². The Morgan fingerprint density at radius 2 is 1.75 bits per heavy atom. The van der Waals surface area contributed by atoms with Crippen LogP contribution in [0.2, 0.25) is 5.02 Å². The lowest BCUT2D eigenvalue weighted by molar-refractivity contribution is 0.502. The van der Waals surface area contributed by atoms with E-state index in [4.69, 9.17) is 11.6 Å². The summed E-state index contributed by atoms with van der Waals surface area (Å²) in [6.07, 6.45) is 4.53. The molecule has 0 spiro atoms. The Hall–Kier alpha value is -1.21. The maximum Gasteiger partial charge on any atom is 0.0409 e. The first kappa shape index (κ1) is 11.3. The molecule has 1 aliphatic heterocycles. The van der Waals surface area contributed by atoms with Crippen LogP contribution < -0.4 is 0 Å². The molecule has 0 N–H and O–H groups in total. The van der Waals surface area contributed by atoms with Crippen molar-refractivity contribution in [3.8, 4) is 0 Å². The predicted octanol–water partition coefficient (Wildman–Crippen LogP) is 4.18. The highest BCUT2D eigenvalue weighted by Gasteiger charge is 2.15. The number of halogens is 1. The van der Waals surface area contributed by atoms with Gasteiger partial charge in [-0.3, -0.25) is 0 Å². The highest BCUT2D eigenvalue weighted by Crippen LogP contribution is 2.29. The molecule has 1 nitrogen and oxygen atoms in total. The lowest BCUT2D eigenvalue weighted by Gasteiger charge is -2.28. The molecule has 0 saturated carbocycles. The molecule has 84 valence electrons. The van der Waals surface area contributed by atoms with E-state index >= 15 is 0 Å². The van der Waals surface area contributed by atoms with Gasteiger partial charge in [-0.2, -0.15) is 0 Å². The van der Waals surface area contributed by atoms with Crippen molar-refractivity contribution < 1.29 is 0 Å². The fraction of sp³-hybridized carbons (Fsp3) is 0.286. The van der Waals surface area contributed by atoms with Gasteiger partial charge in [-0.1, -0.05) is 35.9 Å². The highest BCUT2D eigenvalue weighted by atomic mass is 35.5. The van der Waals surface area contributed by atoms with E-state index in [-0.39, 0.29) is 0 Å². The number of rotatable bonds is 1. The Morgan fingerprint density at radius 1 is 1.12 bits per heavy atom. The van der Waals surface area contributed by atoms with E-state index in [1.165, 1.54) is 17.0 Å². The molecule has 0 radical (unpaired) electrons. The molecule has 0 amide bonds. The molecule has 0 unspecified atom stereocenters. The van der Waals surface area contributed by atoms with Crippen molar-refractivity contribution in [2.75, 3.05) is 7.05 Å². The fourth-order valence-electron chi connectivity index (χ4n) is 1.98. The first-order valence-corrected chi connectivity index (χ1v) is 5.82. The largest absolute Gasteiger partial charge is 0.353 e. The van der Waals surface area contributed by atoms with Crippen LogP contribution in [-0.4, -0.2) is 11.9 Å². The fourth-order valence-corrected chi connectivity index (χ4v) is 2.17. The molecular formula is C14H16ClN. The zero-order valence-electron chi connectivity index (χ0n) is 9.87. The summed E-state index contributed by atoms with van der Waals surface area (Å²) in [5.74, 6) is 0.342. The second-order valence-corrected chi connectivity index (χ2v) is 4.69. The molecule has 0 saturated heterocycles. The van der Waals surface area contributed by atoms with Gasteiger partial charge in [0, 0.05) is 29.4 Å². The molecule has 0 bridgehead atoms. The summed E-state index contributed by atoms with van der Waals surface area (Å²) >= 11 is 6.01. The summed E-state index contributed by atoms with van der Waals surface area (Å²) in [6, 6.07) is 8.07. The van der Waals surface area contributed by atoms with Crippen molar-refractivity contribution in [2.45, 2.75) is 19.8 Å². The number of nitrogens with zero attached hydrogens (tertiary/aromatic N) is 1. The first-order valence-electron chi connectivity index (χ1n) is 5.44. The molecule has 2 heteroatoms. The molecule has 1 aromatic rings. The van der Waals surface area contributed by atoms with E-state index in [1.54, 1.807) is 0 Å². The van der Waals surface area contributed by atoms with Crippen molar-refractivity contribution in [3.63, 3.8) is 0 Å². The van der Waals surface area contributed by atoms with E-state index in [2.05, 4.69) is 44.0 Å². The Balaban J connectivity index is 2.36. The molecule has 0 aliphatic carbocycles. The average molecular weight is 234 g/mol. The summed E-state index contributed by atoms with van der Waals surface area (Å²) in [5, 5.41) is 0.800. The third kappa shape index (κ3) is 2.14. The van der Waals surface area contributed by atoms with E-state index in [0.717, 1.165) is 5.02 Å². The molecule has 1 aromatic carbocycles. The molecule has 1 aliphatic rings. The molecule has 1 heterocycles. The smallest absolute Gasteiger partial charge is 0.0409 e. The van der Waals surface area contributed by atoms with E-state index < -0.39 is 0 Å². The van der Waals surface area contributed by atoms with Gasteiger partial charge >= 0.3 is 0 Å². The topological polar surface area (TPSA) is 3.24 Å². The zero-order valence-corrected chi connectivity index (χ0v) is 10.6. The lowest BCUT2D eigenvalue weighted by atomic mass is 9.94. The van der Waals surface area contributed by atoms with Crippen LogP contribution in [0.5, 0.6) is 0 Å². The molecule has 0 atom stereocenters. The molecule has 16 heavy (non-hydrogen) atoms. The second-order valence-electron chi connectivity index (χ2n) is 4.26. The van der Waals surface area contributed by atoms with Gasteiger partial charge in [0.25, 0.3) is 0 Å². The van der Waals surface area contributed by atoms with Crippen LogP contribution in [0.25, 0.3) is 0 Å². The molecular weight excluding hydrogens is 218 g/mol. The van der Waals surface area contributed by atoms with Crippen LogP contribution in [0.4, 0.5) is 0 Å². The standard InChI is InChI=1S/C14H16ClN/c1-10-7-13(8-11(2)16(10)3)12-5-4-6-14(15)9-12/h4-9,13H,1-3H3. The number of hydrogen-bond donors (Lipinski definition) is 0. The third-order valence-corrected chi connectivity index (χ3v) is 3.37. The first-order chi connectivity index (χ1) is 7.58. The van der Waals surface area contributed by atoms with E-state index in [0.29, 0.717) is 5.92 Å². The maximum atomic E-state index is 6.01. The van der Waals surface area contributed by atoms with Gasteiger partial charge in [0.05, 0.1) is 0 Å². The van der Waals surface area contributed by atoms with Crippen LogP contribution in [0, 0.1) is 0 Å². The van der Waals surface area contributed by atoms with Crippen molar-refractivity contribution in [1.82, 2.24) is 4.90 Å². The van der Waals surface area contributed by atoms with Gasteiger partial charge in [-0.15, -0.1) is 0 Å². The Morgan fingerprint density at radius 3 is 2.31 bits per heavy atom.